The third-order valence-electron chi connectivity index (χ3n) is 6.67. The van der Waals surface area contributed by atoms with Crippen molar-refractivity contribution in [1.29, 1.82) is 5.26 Å². The zero-order valence-electron chi connectivity index (χ0n) is 25.6. The fraction of sp³-hybridized carbons (Fsp3) is 0.303. The highest BCUT2D eigenvalue weighted by Crippen LogP contribution is 2.38. The number of rotatable bonds is 10. The molecule has 0 bridgehead atoms. The van der Waals surface area contributed by atoms with E-state index in [2.05, 4.69) is 20.6 Å². The summed E-state index contributed by atoms with van der Waals surface area (Å²) in [4.78, 5) is 35.9. The van der Waals surface area contributed by atoms with Crippen LogP contribution in [-0.2, 0) is 17.8 Å². The van der Waals surface area contributed by atoms with Gasteiger partial charge in [0.05, 0.1) is 19.2 Å². The number of ether oxygens (including phenoxy) is 2. The fourth-order valence-corrected chi connectivity index (χ4v) is 4.95. The van der Waals surface area contributed by atoms with Gasteiger partial charge in [-0.05, 0) is 48.6 Å². The first-order valence-corrected chi connectivity index (χ1v) is 14.4. The molecular formula is C33H35ClN6O4. The summed E-state index contributed by atoms with van der Waals surface area (Å²) in [5.74, 6) is 0.791. The van der Waals surface area contributed by atoms with Crippen LogP contribution in [0.1, 0.15) is 33.3 Å². The topological polar surface area (TPSA) is 131 Å². The van der Waals surface area contributed by atoms with E-state index in [1.54, 1.807) is 41.1 Å². The Labute approximate surface area is 261 Å². The average Bonchev–Trinajstić information content (AvgIpc) is 2.99. The van der Waals surface area contributed by atoms with Crippen molar-refractivity contribution in [1.82, 2.24) is 14.5 Å². The predicted octanol–water partition coefficient (Wildman–Crippen LogP) is 6.24. The zero-order chi connectivity index (χ0) is 32.0. The van der Waals surface area contributed by atoms with E-state index >= 15 is 0 Å². The molecule has 0 aliphatic carbocycles. The molecule has 1 amide bonds. The number of nitrogens with zero attached hydrogens (tertiary/aromatic N) is 4. The Morgan fingerprint density at radius 2 is 1.91 bits per heavy atom. The Bertz CT molecular complexity index is 1840. The molecule has 11 heteroatoms. The molecule has 2 heterocycles. The van der Waals surface area contributed by atoms with Crippen molar-refractivity contribution in [2.45, 2.75) is 40.7 Å². The first kappa shape index (κ1) is 32.0. The van der Waals surface area contributed by atoms with Crippen LogP contribution in [0.15, 0.2) is 65.1 Å². The van der Waals surface area contributed by atoms with Crippen molar-refractivity contribution in [2.24, 2.45) is 5.41 Å². The van der Waals surface area contributed by atoms with Gasteiger partial charge in [0.15, 0.2) is 0 Å². The molecule has 0 aliphatic rings. The first-order chi connectivity index (χ1) is 21.0. The molecule has 0 fully saturated rings. The number of aromatic nitrogens is 3. The number of hydrogen-bond acceptors (Lipinski definition) is 8. The molecule has 4 aromatic rings. The fourth-order valence-electron chi connectivity index (χ4n) is 4.66. The van der Waals surface area contributed by atoms with Gasteiger partial charge in [0.25, 0.3) is 11.5 Å². The molecule has 2 aromatic heterocycles. The summed E-state index contributed by atoms with van der Waals surface area (Å²) >= 11 is 6.69. The second-order valence-electron chi connectivity index (χ2n) is 11.1. The summed E-state index contributed by atoms with van der Waals surface area (Å²) in [5.41, 5.74) is 2.09. The number of methoxy groups -OCH3 is 2. The number of benzene rings is 2. The van der Waals surface area contributed by atoms with Crippen LogP contribution in [0, 0.1) is 16.7 Å². The molecule has 10 nitrogen and oxygen atoms in total. The number of carbonyl (C=O) groups excluding carboxylic acids is 1. The Balaban J connectivity index is 1.75. The van der Waals surface area contributed by atoms with E-state index in [0.29, 0.717) is 58.3 Å². The first-order valence-electron chi connectivity index (χ1n) is 14.1. The monoisotopic (exact) mass is 614 g/mol. The van der Waals surface area contributed by atoms with Gasteiger partial charge >= 0.3 is 0 Å². The van der Waals surface area contributed by atoms with Crippen LogP contribution in [0.2, 0.25) is 5.02 Å². The minimum Gasteiger partial charge on any atom is -0.497 e. The van der Waals surface area contributed by atoms with Gasteiger partial charge in [-0.1, -0.05) is 50.6 Å². The van der Waals surface area contributed by atoms with Crippen LogP contribution in [0.3, 0.4) is 0 Å². The number of anilines is 2. The summed E-state index contributed by atoms with van der Waals surface area (Å²) < 4.78 is 12.5. The maximum Gasteiger partial charge on any atom is 0.265 e. The molecule has 2 aromatic carbocycles. The molecule has 0 spiro atoms. The Kier molecular flexibility index (Phi) is 9.91. The summed E-state index contributed by atoms with van der Waals surface area (Å²) in [5, 5.41) is 16.3. The molecule has 2 N–H and O–H groups in total. The molecule has 228 valence electrons. The quantitative estimate of drug-likeness (QED) is 0.159. The SMILES string of the molecule is CCNc1ncc2cc(-c3cc(OC)cc(OC)c3Cl)c(=O)n(CCc3cccc(NC(=O)C(C#N)=CC(C)(C)C)c3)c2n1. The number of nitriles is 1. The highest BCUT2D eigenvalue weighted by Gasteiger charge is 2.20. The number of carbonyl (C=O) groups is 1. The average molecular weight is 615 g/mol. The van der Waals surface area contributed by atoms with Gasteiger partial charge in [-0.2, -0.15) is 10.2 Å². The number of fused-ring (bicyclic) bond motifs is 1. The summed E-state index contributed by atoms with van der Waals surface area (Å²) in [6.07, 6.45) is 3.75. The number of halogens is 1. The number of pyridine rings is 1. The van der Waals surface area contributed by atoms with Crippen LogP contribution in [-0.4, -0.2) is 41.2 Å². The van der Waals surface area contributed by atoms with Crippen LogP contribution >= 0.6 is 11.6 Å². The van der Waals surface area contributed by atoms with Crippen LogP contribution in [0.25, 0.3) is 22.2 Å². The largest absolute Gasteiger partial charge is 0.497 e. The number of nitrogens with one attached hydrogen (secondary N) is 2. The highest BCUT2D eigenvalue weighted by molar-refractivity contribution is 6.35. The molecule has 0 radical (unpaired) electrons. The predicted molar refractivity (Wildman–Crippen MR) is 173 cm³/mol. The summed E-state index contributed by atoms with van der Waals surface area (Å²) in [7, 11) is 3.03. The van der Waals surface area contributed by atoms with Gasteiger partial charge in [-0.3, -0.25) is 14.2 Å². The standard InChI is InChI=1S/C33H35ClN6O4/c1-7-36-32-37-19-21-14-26(25-15-24(43-5)16-27(44-6)28(25)34)31(42)40(29(21)39-32)12-11-20-9-8-10-23(13-20)38-30(41)22(18-35)17-33(2,3)4/h8-10,13-17,19H,7,11-12H2,1-6H3,(H,38,41)(H,36,37,39). The lowest BCUT2D eigenvalue weighted by Crippen LogP contribution is -2.24. The maximum absolute atomic E-state index is 14.1. The molecule has 44 heavy (non-hydrogen) atoms. The van der Waals surface area contributed by atoms with E-state index in [-0.39, 0.29) is 28.1 Å². The zero-order valence-corrected chi connectivity index (χ0v) is 26.4. The third kappa shape index (κ3) is 7.36. The smallest absolute Gasteiger partial charge is 0.265 e. The summed E-state index contributed by atoms with van der Waals surface area (Å²) in [6.45, 7) is 8.59. The van der Waals surface area contributed by atoms with Crippen molar-refractivity contribution in [3.8, 4) is 28.7 Å². The molecule has 0 saturated carbocycles. The van der Waals surface area contributed by atoms with E-state index in [0.717, 1.165) is 5.56 Å². The van der Waals surface area contributed by atoms with E-state index in [4.69, 9.17) is 21.1 Å². The van der Waals surface area contributed by atoms with Crippen molar-refractivity contribution in [3.05, 3.63) is 81.3 Å². The molecule has 0 aliphatic heterocycles. The number of aryl methyl sites for hydroxylation is 2. The van der Waals surface area contributed by atoms with E-state index in [1.165, 1.54) is 14.2 Å². The number of hydrogen-bond donors (Lipinski definition) is 2. The second kappa shape index (κ2) is 13.6. The van der Waals surface area contributed by atoms with E-state index < -0.39 is 5.91 Å². The lowest BCUT2D eigenvalue weighted by molar-refractivity contribution is -0.112. The normalized spacial score (nSPS) is 11.6. The Hall–Kier alpha value is -4.88. The summed E-state index contributed by atoms with van der Waals surface area (Å²) in [6, 6.07) is 14.4. The second-order valence-corrected chi connectivity index (χ2v) is 11.5. The molecule has 0 atom stereocenters. The van der Waals surface area contributed by atoms with Gasteiger partial charge in [0.2, 0.25) is 5.95 Å². The van der Waals surface area contributed by atoms with E-state index in [9.17, 15) is 14.9 Å². The lowest BCUT2D eigenvalue weighted by atomic mass is 9.93. The lowest BCUT2D eigenvalue weighted by Gasteiger charge is -2.16. The maximum atomic E-state index is 14.1. The number of allylic oxidation sites excluding steroid dienone is 1. The van der Waals surface area contributed by atoms with Crippen LogP contribution in [0.4, 0.5) is 11.6 Å². The molecular weight excluding hydrogens is 580 g/mol. The minimum atomic E-state index is -0.479. The van der Waals surface area contributed by atoms with Gasteiger partial charge in [-0.25, -0.2) is 4.98 Å². The van der Waals surface area contributed by atoms with E-state index in [1.807, 2.05) is 52.0 Å². The van der Waals surface area contributed by atoms with Crippen LogP contribution in [0.5, 0.6) is 11.5 Å². The molecule has 0 saturated heterocycles. The van der Waals surface area contributed by atoms with Gasteiger partial charge in [0.1, 0.15) is 28.8 Å². The number of amides is 1. The van der Waals surface area contributed by atoms with Gasteiger partial charge in [-0.15, -0.1) is 0 Å². The van der Waals surface area contributed by atoms with Crippen molar-refractivity contribution >= 4 is 40.2 Å². The Morgan fingerprint density at radius 3 is 2.57 bits per heavy atom. The van der Waals surface area contributed by atoms with Gasteiger partial charge < -0.3 is 20.1 Å². The minimum absolute atomic E-state index is 0.0433. The molecule has 4 rings (SSSR count). The van der Waals surface area contributed by atoms with Crippen LogP contribution < -0.4 is 25.7 Å². The third-order valence-corrected chi connectivity index (χ3v) is 7.06. The highest BCUT2D eigenvalue weighted by atomic mass is 35.5. The van der Waals surface area contributed by atoms with Crippen molar-refractivity contribution in [3.63, 3.8) is 0 Å². The van der Waals surface area contributed by atoms with Crippen molar-refractivity contribution in [2.75, 3.05) is 31.4 Å². The Morgan fingerprint density at radius 1 is 1.14 bits per heavy atom. The van der Waals surface area contributed by atoms with Gasteiger partial charge in [0, 0.05) is 47.6 Å². The van der Waals surface area contributed by atoms with Crippen molar-refractivity contribution < 1.29 is 14.3 Å². The molecule has 0 unspecified atom stereocenters.